The Hall–Kier alpha value is -1.28. The van der Waals surface area contributed by atoms with Crippen molar-refractivity contribution in [2.45, 2.75) is 25.3 Å². The van der Waals surface area contributed by atoms with Crippen molar-refractivity contribution in [1.82, 2.24) is 4.90 Å². The smallest absolute Gasteiger partial charge is 0.119 e. The number of rotatable bonds is 2. The minimum Gasteiger partial charge on any atom is -0.497 e. The van der Waals surface area contributed by atoms with Crippen LogP contribution in [0, 0.1) is 0 Å². The first-order valence-corrected chi connectivity index (χ1v) is 6.46. The maximum atomic E-state index is 5.26. The number of nitrogens with zero attached hydrogens (tertiary/aromatic N) is 1. The maximum absolute atomic E-state index is 5.26. The van der Waals surface area contributed by atoms with E-state index >= 15 is 0 Å². The zero-order valence-corrected chi connectivity index (χ0v) is 10.4. The van der Waals surface area contributed by atoms with Gasteiger partial charge in [-0.3, -0.25) is 4.90 Å². The normalized spacial score (nSPS) is 23.7. The lowest BCUT2D eigenvalue weighted by molar-refractivity contribution is 0.281. The Morgan fingerprint density at radius 2 is 2.06 bits per heavy atom. The zero-order valence-electron chi connectivity index (χ0n) is 10.4. The van der Waals surface area contributed by atoms with Gasteiger partial charge in [0, 0.05) is 6.04 Å². The molecule has 0 spiro atoms. The van der Waals surface area contributed by atoms with Crippen LogP contribution in [0.2, 0.25) is 0 Å². The van der Waals surface area contributed by atoms with Gasteiger partial charge in [-0.15, -0.1) is 0 Å². The van der Waals surface area contributed by atoms with Crippen molar-refractivity contribution in [1.29, 1.82) is 0 Å². The summed E-state index contributed by atoms with van der Waals surface area (Å²) in [7, 11) is 1.72. The quantitative estimate of drug-likeness (QED) is 0.773. The summed E-state index contributed by atoms with van der Waals surface area (Å²) in [6, 6.07) is 7.02. The van der Waals surface area contributed by atoms with Crippen molar-refractivity contribution in [3.63, 3.8) is 0 Å². The fourth-order valence-electron chi connectivity index (χ4n) is 2.87. The molecule has 1 aliphatic heterocycles. The summed E-state index contributed by atoms with van der Waals surface area (Å²) in [6.45, 7) is 2.53. The highest BCUT2D eigenvalue weighted by atomic mass is 16.5. The highest BCUT2D eigenvalue weighted by Crippen LogP contribution is 2.27. The third kappa shape index (κ3) is 2.09. The molecule has 0 radical (unpaired) electrons. The van der Waals surface area contributed by atoms with Crippen molar-refractivity contribution in [2.24, 2.45) is 0 Å². The Bertz CT molecular complexity index is 433. The van der Waals surface area contributed by atoms with Gasteiger partial charge in [-0.1, -0.05) is 18.2 Å². The van der Waals surface area contributed by atoms with E-state index in [0.717, 1.165) is 12.2 Å². The van der Waals surface area contributed by atoms with Crippen molar-refractivity contribution in [3.8, 4) is 5.75 Å². The molecule has 3 rings (SSSR count). The molecule has 1 aromatic rings. The van der Waals surface area contributed by atoms with E-state index in [-0.39, 0.29) is 0 Å². The van der Waals surface area contributed by atoms with Crippen LogP contribution >= 0.6 is 0 Å². The molecule has 1 unspecified atom stereocenters. The van der Waals surface area contributed by atoms with Crippen LogP contribution in [0.3, 0.4) is 0 Å². The number of ether oxygens (including phenoxy) is 1. The molecule has 0 aromatic heterocycles. The van der Waals surface area contributed by atoms with Gasteiger partial charge >= 0.3 is 0 Å². The highest BCUT2D eigenvalue weighted by Gasteiger charge is 2.22. The average molecular weight is 229 g/mol. The van der Waals surface area contributed by atoms with Crippen LogP contribution in [0.15, 0.2) is 24.3 Å². The number of hydrogen-bond acceptors (Lipinski definition) is 2. The Morgan fingerprint density at radius 3 is 2.82 bits per heavy atom. The first kappa shape index (κ1) is 10.8. The van der Waals surface area contributed by atoms with Crippen LogP contribution in [-0.4, -0.2) is 31.1 Å². The van der Waals surface area contributed by atoms with E-state index < -0.39 is 0 Å². The molecule has 1 heterocycles. The minimum absolute atomic E-state index is 0.610. The standard InChI is InChI=1S/C15H19NO/c1-17-15-7-5-12-10-14(6-4-13(12)11-15)16-8-2-3-9-16/h4-7,11,14H,2-3,8-10H2,1H3. The number of fused-ring (bicyclic) bond motifs is 1. The molecule has 1 atom stereocenters. The average Bonchev–Trinajstić information content (AvgIpc) is 2.91. The largest absolute Gasteiger partial charge is 0.497 e. The van der Waals surface area contributed by atoms with Crippen molar-refractivity contribution < 1.29 is 4.74 Å². The maximum Gasteiger partial charge on any atom is 0.119 e. The first-order chi connectivity index (χ1) is 8.36. The molecule has 2 aliphatic rings. The third-order valence-corrected chi connectivity index (χ3v) is 3.89. The first-order valence-electron chi connectivity index (χ1n) is 6.46. The topological polar surface area (TPSA) is 12.5 Å². The molecular formula is C15H19NO. The molecular weight excluding hydrogens is 210 g/mol. The van der Waals surface area contributed by atoms with Gasteiger partial charge in [0.1, 0.15) is 5.75 Å². The molecule has 0 N–H and O–H groups in total. The molecule has 0 saturated carbocycles. The Kier molecular flexibility index (Phi) is 2.89. The van der Waals surface area contributed by atoms with Gasteiger partial charge in [0.15, 0.2) is 0 Å². The van der Waals surface area contributed by atoms with E-state index in [1.54, 1.807) is 7.11 Å². The number of benzene rings is 1. The molecule has 0 amide bonds. The van der Waals surface area contributed by atoms with Gasteiger partial charge < -0.3 is 4.74 Å². The van der Waals surface area contributed by atoms with Crippen molar-refractivity contribution in [2.75, 3.05) is 20.2 Å². The second-order valence-corrected chi connectivity index (χ2v) is 4.94. The lowest BCUT2D eigenvalue weighted by atomic mass is 9.93. The number of hydrogen-bond donors (Lipinski definition) is 0. The van der Waals surface area contributed by atoms with Gasteiger partial charge in [0.2, 0.25) is 0 Å². The molecule has 1 fully saturated rings. The molecule has 2 nitrogen and oxygen atoms in total. The summed E-state index contributed by atoms with van der Waals surface area (Å²) in [5, 5.41) is 0. The van der Waals surface area contributed by atoms with Gasteiger partial charge in [-0.25, -0.2) is 0 Å². The van der Waals surface area contributed by atoms with E-state index in [2.05, 4.69) is 35.3 Å². The summed E-state index contributed by atoms with van der Waals surface area (Å²) in [6.07, 6.45) is 8.48. The SMILES string of the molecule is COc1ccc2c(c1)C=CC(N1CCCC1)C2. The summed E-state index contributed by atoms with van der Waals surface area (Å²) in [5.41, 5.74) is 2.77. The Morgan fingerprint density at radius 1 is 1.24 bits per heavy atom. The third-order valence-electron chi connectivity index (χ3n) is 3.89. The molecule has 17 heavy (non-hydrogen) atoms. The lowest BCUT2D eigenvalue weighted by Gasteiger charge is -2.28. The highest BCUT2D eigenvalue weighted by molar-refractivity contribution is 5.59. The van der Waals surface area contributed by atoms with Gasteiger partial charge in [-0.05, 0) is 55.6 Å². The lowest BCUT2D eigenvalue weighted by Crippen LogP contribution is -2.34. The van der Waals surface area contributed by atoms with Crippen LogP contribution in [0.5, 0.6) is 5.75 Å². The monoisotopic (exact) mass is 229 g/mol. The number of likely N-dealkylation sites (tertiary alicyclic amines) is 1. The van der Waals surface area contributed by atoms with Crippen LogP contribution in [0.25, 0.3) is 6.08 Å². The molecule has 1 aromatic carbocycles. The molecule has 90 valence electrons. The van der Waals surface area contributed by atoms with Crippen LogP contribution < -0.4 is 4.74 Å². The predicted molar refractivity (Wildman–Crippen MR) is 70.3 cm³/mol. The fourth-order valence-corrected chi connectivity index (χ4v) is 2.87. The van der Waals surface area contributed by atoms with Crippen LogP contribution in [0.1, 0.15) is 24.0 Å². The molecule has 2 heteroatoms. The van der Waals surface area contributed by atoms with Crippen LogP contribution in [0.4, 0.5) is 0 Å². The molecule has 0 bridgehead atoms. The van der Waals surface area contributed by atoms with Crippen LogP contribution in [-0.2, 0) is 6.42 Å². The second kappa shape index (κ2) is 4.53. The van der Waals surface area contributed by atoms with Crippen molar-refractivity contribution >= 4 is 6.08 Å². The predicted octanol–water partition coefficient (Wildman–Crippen LogP) is 2.73. The van der Waals surface area contributed by atoms with Gasteiger partial charge in [0.05, 0.1) is 7.11 Å². The second-order valence-electron chi connectivity index (χ2n) is 4.94. The summed E-state index contributed by atoms with van der Waals surface area (Å²) in [5.74, 6) is 0.952. The molecule has 1 saturated heterocycles. The van der Waals surface area contributed by atoms with E-state index in [0.29, 0.717) is 6.04 Å². The van der Waals surface area contributed by atoms with E-state index in [1.165, 1.54) is 37.1 Å². The minimum atomic E-state index is 0.610. The van der Waals surface area contributed by atoms with E-state index in [9.17, 15) is 0 Å². The van der Waals surface area contributed by atoms with E-state index in [1.807, 2.05) is 0 Å². The van der Waals surface area contributed by atoms with Gasteiger partial charge in [0.25, 0.3) is 0 Å². The Labute approximate surface area is 103 Å². The summed E-state index contributed by atoms with van der Waals surface area (Å²) >= 11 is 0. The zero-order chi connectivity index (χ0) is 11.7. The molecule has 1 aliphatic carbocycles. The summed E-state index contributed by atoms with van der Waals surface area (Å²) < 4.78 is 5.26. The summed E-state index contributed by atoms with van der Waals surface area (Å²) in [4.78, 5) is 2.60. The van der Waals surface area contributed by atoms with Gasteiger partial charge in [-0.2, -0.15) is 0 Å². The van der Waals surface area contributed by atoms with Crippen molar-refractivity contribution in [3.05, 3.63) is 35.4 Å². The van der Waals surface area contributed by atoms with E-state index in [4.69, 9.17) is 4.74 Å². The number of methoxy groups -OCH3 is 1. The fraction of sp³-hybridized carbons (Fsp3) is 0.467. The Balaban J connectivity index is 1.81.